The van der Waals surface area contributed by atoms with Crippen LogP contribution in [-0.2, 0) is 5.33 Å². The van der Waals surface area contributed by atoms with E-state index in [9.17, 15) is 4.79 Å². The lowest BCUT2D eigenvalue weighted by Gasteiger charge is -1.99. The number of aromatic carboxylic acids is 1. The molecule has 0 aliphatic carbocycles. The summed E-state index contributed by atoms with van der Waals surface area (Å²) < 4.78 is 0.789. The van der Waals surface area contributed by atoms with Crippen LogP contribution in [0.5, 0.6) is 0 Å². The third-order valence-corrected chi connectivity index (χ3v) is 2.46. The first-order valence-corrected chi connectivity index (χ1v) is 5.13. The van der Waals surface area contributed by atoms with Crippen LogP contribution in [0.15, 0.2) is 22.7 Å². The van der Waals surface area contributed by atoms with Crippen molar-refractivity contribution in [2.45, 2.75) is 5.33 Å². The Morgan fingerprint density at radius 1 is 1.42 bits per heavy atom. The molecule has 1 aromatic carbocycles. The van der Waals surface area contributed by atoms with Gasteiger partial charge in [-0.1, -0.05) is 31.9 Å². The molecule has 2 nitrogen and oxygen atoms in total. The number of hydrogen-bond acceptors (Lipinski definition) is 1. The van der Waals surface area contributed by atoms with E-state index in [1.54, 1.807) is 12.1 Å². The number of carbonyl (C=O) groups is 1. The van der Waals surface area contributed by atoms with Crippen molar-refractivity contribution in [1.82, 2.24) is 0 Å². The summed E-state index contributed by atoms with van der Waals surface area (Å²) >= 11 is 6.50. The Labute approximate surface area is 86.9 Å². The van der Waals surface area contributed by atoms with E-state index in [0.29, 0.717) is 10.9 Å². The number of halogens is 2. The lowest BCUT2D eigenvalue weighted by Crippen LogP contribution is -1.96. The second-order valence-electron chi connectivity index (χ2n) is 2.29. The molecule has 1 aromatic rings. The number of benzene rings is 1. The van der Waals surface area contributed by atoms with Gasteiger partial charge in [0.2, 0.25) is 0 Å². The average molecular weight is 294 g/mol. The molecule has 0 heterocycles. The van der Waals surface area contributed by atoms with Crippen LogP contribution >= 0.6 is 31.9 Å². The van der Waals surface area contributed by atoms with Crippen molar-refractivity contribution in [3.63, 3.8) is 0 Å². The fourth-order valence-corrected chi connectivity index (χ4v) is 1.72. The quantitative estimate of drug-likeness (QED) is 0.851. The molecule has 0 saturated heterocycles. The van der Waals surface area contributed by atoms with Crippen LogP contribution < -0.4 is 0 Å². The highest BCUT2D eigenvalue weighted by Crippen LogP contribution is 2.17. The highest BCUT2D eigenvalue weighted by Gasteiger charge is 2.04. The van der Waals surface area contributed by atoms with Gasteiger partial charge in [0, 0.05) is 9.80 Å². The van der Waals surface area contributed by atoms with Crippen LogP contribution in [0.25, 0.3) is 0 Å². The van der Waals surface area contributed by atoms with Crippen molar-refractivity contribution in [3.05, 3.63) is 33.8 Å². The maximum absolute atomic E-state index is 10.6. The first-order chi connectivity index (χ1) is 5.63. The second kappa shape index (κ2) is 4.05. The van der Waals surface area contributed by atoms with Gasteiger partial charge in [-0.2, -0.15) is 0 Å². The summed E-state index contributed by atoms with van der Waals surface area (Å²) in [4.78, 5) is 10.6. The Hall–Kier alpha value is -0.350. The standard InChI is InChI=1S/C8H6Br2O2/c9-4-5-1-6(8(11)12)3-7(10)2-5/h1-3H,4H2,(H,11,12). The highest BCUT2D eigenvalue weighted by atomic mass is 79.9. The van der Waals surface area contributed by atoms with Gasteiger partial charge >= 0.3 is 5.97 Å². The van der Waals surface area contributed by atoms with Crippen LogP contribution in [-0.4, -0.2) is 11.1 Å². The Kier molecular flexibility index (Phi) is 3.29. The number of rotatable bonds is 2. The van der Waals surface area contributed by atoms with Gasteiger partial charge in [0.05, 0.1) is 5.56 Å². The van der Waals surface area contributed by atoms with Gasteiger partial charge < -0.3 is 5.11 Å². The number of carboxylic acids is 1. The predicted molar refractivity (Wildman–Crippen MR) is 53.7 cm³/mol. The Balaban J connectivity index is 3.15. The summed E-state index contributed by atoms with van der Waals surface area (Å²) in [5.41, 5.74) is 1.25. The molecule has 1 rings (SSSR count). The van der Waals surface area contributed by atoms with Gasteiger partial charge in [0.15, 0.2) is 0 Å². The summed E-state index contributed by atoms with van der Waals surface area (Å²) in [6.07, 6.45) is 0. The number of hydrogen-bond donors (Lipinski definition) is 1. The monoisotopic (exact) mass is 292 g/mol. The lowest BCUT2D eigenvalue weighted by molar-refractivity contribution is 0.0696. The van der Waals surface area contributed by atoms with Crippen molar-refractivity contribution in [2.75, 3.05) is 0 Å². The largest absolute Gasteiger partial charge is 0.478 e. The molecule has 0 aliphatic heterocycles. The zero-order valence-electron chi connectivity index (χ0n) is 6.05. The molecule has 0 bridgehead atoms. The number of carboxylic acid groups (broad SMARTS) is 1. The molecule has 64 valence electrons. The minimum atomic E-state index is -0.904. The van der Waals surface area contributed by atoms with Gasteiger partial charge in [-0.3, -0.25) is 0 Å². The second-order valence-corrected chi connectivity index (χ2v) is 3.76. The topological polar surface area (TPSA) is 37.3 Å². The summed E-state index contributed by atoms with van der Waals surface area (Å²) in [7, 11) is 0. The third kappa shape index (κ3) is 2.32. The van der Waals surface area contributed by atoms with Gasteiger partial charge in [-0.25, -0.2) is 4.79 Å². The molecule has 1 N–H and O–H groups in total. The summed E-state index contributed by atoms with van der Waals surface area (Å²) in [6.45, 7) is 0. The maximum atomic E-state index is 10.6. The van der Waals surface area contributed by atoms with E-state index in [2.05, 4.69) is 31.9 Å². The Bertz CT molecular complexity index is 310. The van der Waals surface area contributed by atoms with Crippen molar-refractivity contribution in [2.24, 2.45) is 0 Å². The molecule has 0 amide bonds. The summed E-state index contributed by atoms with van der Waals surface area (Å²) in [5.74, 6) is -0.904. The Morgan fingerprint density at radius 3 is 2.58 bits per heavy atom. The highest BCUT2D eigenvalue weighted by molar-refractivity contribution is 9.10. The van der Waals surface area contributed by atoms with Crippen LogP contribution in [0.4, 0.5) is 0 Å². The first-order valence-electron chi connectivity index (χ1n) is 3.22. The predicted octanol–water partition coefficient (Wildman–Crippen LogP) is 3.04. The zero-order chi connectivity index (χ0) is 9.14. The Morgan fingerprint density at radius 2 is 2.08 bits per heavy atom. The lowest BCUT2D eigenvalue weighted by atomic mass is 10.1. The van der Waals surface area contributed by atoms with Crippen LogP contribution in [0.2, 0.25) is 0 Å². The molecule has 0 fully saturated rings. The zero-order valence-corrected chi connectivity index (χ0v) is 9.22. The maximum Gasteiger partial charge on any atom is 0.335 e. The van der Waals surface area contributed by atoms with Crippen molar-refractivity contribution in [3.8, 4) is 0 Å². The molecule has 0 saturated carbocycles. The SMILES string of the molecule is O=C(O)c1cc(Br)cc(CBr)c1. The van der Waals surface area contributed by atoms with Crippen molar-refractivity contribution >= 4 is 37.8 Å². The molecule has 4 heteroatoms. The molecule has 0 aliphatic rings. The summed E-state index contributed by atoms with van der Waals surface area (Å²) in [6, 6.07) is 5.09. The smallest absolute Gasteiger partial charge is 0.335 e. The third-order valence-electron chi connectivity index (χ3n) is 1.36. The van der Waals surface area contributed by atoms with E-state index in [4.69, 9.17) is 5.11 Å². The first kappa shape index (κ1) is 9.74. The van der Waals surface area contributed by atoms with Gasteiger partial charge in [-0.15, -0.1) is 0 Å². The minimum absolute atomic E-state index is 0.304. The fraction of sp³-hybridized carbons (Fsp3) is 0.125. The van der Waals surface area contributed by atoms with Gasteiger partial charge in [0.1, 0.15) is 0 Å². The normalized spacial score (nSPS) is 9.83. The number of alkyl halides is 1. The molecular formula is C8H6Br2O2. The molecule has 0 spiro atoms. The van der Waals surface area contributed by atoms with E-state index < -0.39 is 5.97 Å². The molecule has 0 radical (unpaired) electrons. The fourth-order valence-electron chi connectivity index (χ4n) is 0.851. The van der Waals surface area contributed by atoms with Crippen LogP contribution in [0.1, 0.15) is 15.9 Å². The van der Waals surface area contributed by atoms with Crippen molar-refractivity contribution in [1.29, 1.82) is 0 Å². The van der Waals surface area contributed by atoms with E-state index >= 15 is 0 Å². The van der Waals surface area contributed by atoms with Gasteiger partial charge in [0.25, 0.3) is 0 Å². The molecule has 12 heavy (non-hydrogen) atoms. The van der Waals surface area contributed by atoms with E-state index in [-0.39, 0.29) is 0 Å². The van der Waals surface area contributed by atoms with Crippen molar-refractivity contribution < 1.29 is 9.90 Å². The average Bonchev–Trinajstić information content (AvgIpc) is 2.03. The van der Waals surface area contributed by atoms with Crippen LogP contribution in [0, 0.1) is 0 Å². The molecule has 0 unspecified atom stereocenters. The van der Waals surface area contributed by atoms with E-state index in [1.165, 1.54) is 0 Å². The molecule has 0 aromatic heterocycles. The van der Waals surface area contributed by atoms with Crippen LogP contribution in [0.3, 0.4) is 0 Å². The van der Waals surface area contributed by atoms with E-state index in [0.717, 1.165) is 10.0 Å². The molecular weight excluding hydrogens is 288 g/mol. The van der Waals surface area contributed by atoms with Gasteiger partial charge in [-0.05, 0) is 23.8 Å². The summed E-state index contributed by atoms with van der Waals surface area (Å²) in [5, 5.41) is 9.35. The molecule has 0 atom stereocenters. The van der Waals surface area contributed by atoms with E-state index in [1.807, 2.05) is 6.07 Å². The minimum Gasteiger partial charge on any atom is -0.478 e.